The van der Waals surface area contributed by atoms with Gasteiger partial charge in [-0.25, -0.2) is 13.2 Å². The van der Waals surface area contributed by atoms with Crippen LogP contribution in [0, 0.1) is 13.8 Å². The monoisotopic (exact) mass is 412 g/mol. The summed E-state index contributed by atoms with van der Waals surface area (Å²) in [7, 11) is -0.398. The molecule has 2 aromatic rings. The Labute approximate surface area is 162 Å². The van der Waals surface area contributed by atoms with Crippen LogP contribution in [-0.4, -0.2) is 52.9 Å². The molecule has 0 atom stereocenters. The van der Waals surface area contributed by atoms with Crippen molar-refractivity contribution >= 4 is 21.4 Å². The highest BCUT2D eigenvalue weighted by Crippen LogP contribution is 2.28. The molecule has 1 fully saturated rings. The molecule has 0 spiro atoms. The molecule has 1 aliphatic heterocycles. The van der Waals surface area contributed by atoms with E-state index in [1.807, 2.05) is 13.8 Å². The highest BCUT2D eigenvalue weighted by molar-refractivity contribution is 7.89. The maximum atomic E-state index is 12.9. The third-order valence-corrected chi connectivity index (χ3v) is 8.08. The van der Waals surface area contributed by atoms with E-state index in [1.165, 1.54) is 33.3 Å². The Bertz CT molecular complexity index is 1070. The minimum atomic E-state index is -3.49. The van der Waals surface area contributed by atoms with Crippen molar-refractivity contribution in [3.05, 3.63) is 48.4 Å². The summed E-state index contributed by atoms with van der Waals surface area (Å²) >= 11 is 1.49. The van der Waals surface area contributed by atoms with E-state index in [2.05, 4.69) is 4.90 Å². The van der Waals surface area contributed by atoms with Gasteiger partial charge in [0, 0.05) is 68.3 Å². The van der Waals surface area contributed by atoms with Crippen LogP contribution in [-0.2, 0) is 30.7 Å². The number of aromatic nitrogens is 2. The summed E-state index contributed by atoms with van der Waals surface area (Å²) in [6.07, 6.45) is 0. The van der Waals surface area contributed by atoms with Gasteiger partial charge in [-0.15, -0.1) is 11.3 Å². The van der Waals surface area contributed by atoms with E-state index < -0.39 is 10.0 Å². The van der Waals surface area contributed by atoms with Gasteiger partial charge in [-0.05, 0) is 19.9 Å². The fourth-order valence-electron chi connectivity index (χ4n) is 3.29. The van der Waals surface area contributed by atoms with E-state index >= 15 is 0 Å². The number of hydrogen-bond acceptors (Lipinski definition) is 6. The lowest BCUT2D eigenvalue weighted by atomic mass is 10.3. The number of hydrogen-bond donors (Lipinski definition) is 0. The second kappa shape index (κ2) is 7.34. The molecule has 1 saturated heterocycles. The summed E-state index contributed by atoms with van der Waals surface area (Å²) in [5.41, 5.74) is -0.0663. The summed E-state index contributed by atoms with van der Waals surface area (Å²) in [5, 5.41) is 0. The minimum Gasteiger partial charge on any atom is -0.299 e. The first-order valence-corrected chi connectivity index (χ1v) is 10.9. The van der Waals surface area contributed by atoms with Crippen LogP contribution < -0.4 is 11.2 Å². The zero-order chi connectivity index (χ0) is 19.9. The Hall–Kier alpha value is -1.75. The van der Waals surface area contributed by atoms with Gasteiger partial charge in [0.15, 0.2) is 0 Å². The lowest BCUT2D eigenvalue weighted by Gasteiger charge is -2.34. The SMILES string of the molecule is Cc1cc(S(=O)(=O)N2CCN(Cc3cc(=O)n(C)c(=O)n3C)CC2)c(C)s1. The van der Waals surface area contributed by atoms with Gasteiger partial charge in [-0.3, -0.25) is 18.8 Å². The third-order valence-electron chi connectivity index (χ3n) is 4.96. The maximum absolute atomic E-state index is 12.9. The summed E-state index contributed by atoms with van der Waals surface area (Å²) in [6.45, 7) is 6.03. The number of rotatable bonds is 4. The standard InChI is InChI=1S/C17H24N4O4S2/c1-12-9-15(13(2)26-12)27(24,25)21-7-5-20(6-8-21)11-14-10-16(22)19(4)17(23)18(14)3/h9-10H,5-8,11H2,1-4H3. The van der Waals surface area contributed by atoms with Crippen LogP contribution in [0.2, 0.25) is 0 Å². The number of thiophene rings is 1. The van der Waals surface area contributed by atoms with Gasteiger partial charge in [-0.1, -0.05) is 0 Å². The van der Waals surface area contributed by atoms with E-state index in [4.69, 9.17) is 0 Å². The summed E-state index contributed by atoms with van der Waals surface area (Å²) in [6, 6.07) is 3.19. The highest BCUT2D eigenvalue weighted by Gasteiger charge is 2.30. The molecule has 3 heterocycles. The molecule has 0 saturated carbocycles. The quantitative estimate of drug-likeness (QED) is 0.720. The van der Waals surface area contributed by atoms with Gasteiger partial charge in [0.1, 0.15) is 0 Å². The van der Waals surface area contributed by atoms with E-state index in [0.717, 1.165) is 14.3 Å². The van der Waals surface area contributed by atoms with E-state index in [9.17, 15) is 18.0 Å². The van der Waals surface area contributed by atoms with Crippen LogP contribution in [0.15, 0.2) is 26.6 Å². The van der Waals surface area contributed by atoms with Crippen molar-refractivity contribution in [2.24, 2.45) is 14.1 Å². The molecular weight excluding hydrogens is 388 g/mol. The average Bonchev–Trinajstić information content (AvgIpc) is 2.97. The van der Waals surface area contributed by atoms with E-state index in [-0.39, 0.29) is 11.2 Å². The molecule has 0 bridgehead atoms. The number of nitrogens with zero attached hydrogens (tertiary/aromatic N) is 4. The Morgan fingerprint density at radius 1 is 1.00 bits per heavy atom. The van der Waals surface area contributed by atoms with E-state index in [1.54, 1.807) is 13.1 Å². The fraction of sp³-hybridized carbons (Fsp3) is 0.529. The van der Waals surface area contributed by atoms with Gasteiger partial charge in [0.2, 0.25) is 10.0 Å². The lowest BCUT2D eigenvalue weighted by molar-refractivity contribution is 0.177. The van der Waals surface area contributed by atoms with Crippen LogP contribution >= 0.6 is 11.3 Å². The van der Waals surface area contributed by atoms with Crippen molar-refractivity contribution in [1.82, 2.24) is 18.3 Å². The largest absolute Gasteiger partial charge is 0.330 e. The van der Waals surface area contributed by atoms with Crippen LogP contribution in [0.4, 0.5) is 0 Å². The Balaban J connectivity index is 1.72. The first-order chi connectivity index (χ1) is 12.6. The smallest absolute Gasteiger partial charge is 0.299 e. The lowest BCUT2D eigenvalue weighted by Crippen LogP contribution is -2.49. The number of piperazine rings is 1. The zero-order valence-electron chi connectivity index (χ0n) is 15.9. The summed E-state index contributed by atoms with van der Waals surface area (Å²) < 4.78 is 29.8. The van der Waals surface area contributed by atoms with Crippen LogP contribution in [0.3, 0.4) is 0 Å². The molecule has 0 N–H and O–H groups in total. The van der Waals surface area contributed by atoms with Gasteiger partial charge < -0.3 is 0 Å². The number of sulfonamides is 1. The first kappa shape index (κ1) is 20.0. The molecule has 0 unspecified atom stereocenters. The maximum Gasteiger partial charge on any atom is 0.330 e. The normalized spacial score (nSPS) is 16.7. The molecule has 10 heteroatoms. The molecule has 27 heavy (non-hydrogen) atoms. The Morgan fingerprint density at radius 3 is 2.19 bits per heavy atom. The average molecular weight is 413 g/mol. The van der Waals surface area contributed by atoms with Crippen molar-refractivity contribution < 1.29 is 8.42 Å². The van der Waals surface area contributed by atoms with Crippen LogP contribution in [0.5, 0.6) is 0 Å². The molecule has 2 aromatic heterocycles. The molecule has 0 aromatic carbocycles. The van der Waals surface area contributed by atoms with Crippen molar-refractivity contribution in [2.75, 3.05) is 26.2 Å². The van der Waals surface area contributed by atoms with Gasteiger partial charge in [0.25, 0.3) is 5.56 Å². The van der Waals surface area contributed by atoms with Crippen LogP contribution in [0.25, 0.3) is 0 Å². The van der Waals surface area contributed by atoms with Crippen molar-refractivity contribution in [3.63, 3.8) is 0 Å². The van der Waals surface area contributed by atoms with Gasteiger partial charge in [-0.2, -0.15) is 4.31 Å². The molecule has 0 aliphatic carbocycles. The topological polar surface area (TPSA) is 84.6 Å². The Morgan fingerprint density at radius 2 is 1.63 bits per heavy atom. The molecule has 0 amide bonds. The molecular formula is C17H24N4O4S2. The summed E-state index contributed by atoms with van der Waals surface area (Å²) in [5.74, 6) is 0. The predicted octanol–water partition coefficient (Wildman–Crippen LogP) is 0.269. The molecule has 8 nitrogen and oxygen atoms in total. The molecule has 3 rings (SSSR count). The Kier molecular flexibility index (Phi) is 5.44. The first-order valence-electron chi connectivity index (χ1n) is 8.66. The summed E-state index contributed by atoms with van der Waals surface area (Å²) in [4.78, 5) is 28.2. The van der Waals surface area contributed by atoms with Gasteiger partial charge in [0.05, 0.1) is 4.90 Å². The van der Waals surface area contributed by atoms with Gasteiger partial charge >= 0.3 is 5.69 Å². The predicted molar refractivity (Wildman–Crippen MR) is 105 cm³/mol. The number of aryl methyl sites for hydroxylation is 2. The van der Waals surface area contributed by atoms with Crippen molar-refractivity contribution in [1.29, 1.82) is 0 Å². The second-order valence-electron chi connectivity index (χ2n) is 6.83. The zero-order valence-corrected chi connectivity index (χ0v) is 17.6. The second-order valence-corrected chi connectivity index (χ2v) is 10.2. The fourth-order valence-corrected chi connectivity index (χ4v) is 6.24. The molecule has 0 radical (unpaired) electrons. The van der Waals surface area contributed by atoms with Crippen LogP contribution in [0.1, 0.15) is 15.4 Å². The molecule has 148 valence electrons. The van der Waals surface area contributed by atoms with Crippen molar-refractivity contribution in [2.45, 2.75) is 25.3 Å². The third kappa shape index (κ3) is 3.79. The van der Waals surface area contributed by atoms with Crippen molar-refractivity contribution in [3.8, 4) is 0 Å². The highest BCUT2D eigenvalue weighted by atomic mass is 32.2. The minimum absolute atomic E-state index is 0.336. The van der Waals surface area contributed by atoms with E-state index in [0.29, 0.717) is 43.3 Å². The molecule has 1 aliphatic rings.